The molecule has 2 rings (SSSR count). The Labute approximate surface area is 154 Å². The zero-order chi connectivity index (χ0) is 19.2. The van der Waals surface area contributed by atoms with Crippen molar-refractivity contribution in [1.82, 2.24) is 10.0 Å². The molecule has 0 spiro atoms. The van der Waals surface area contributed by atoms with Gasteiger partial charge in [-0.05, 0) is 35.7 Å². The van der Waals surface area contributed by atoms with Gasteiger partial charge in [-0.2, -0.15) is 4.72 Å². The minimum Gasteiger partial charge on any atom is -0.497 e. The van der Waals surface area contributed by atoms with Gasteiger partial charge in [-0.25, -0.2) is 8.42 Å². The number of hydrogen-bond donors (Lipinski definition) is 2. The number of methoxy groups -OCH3 is 1. The zero-order valence-electron chi connectivity index (χ0n) is 15.1. The summed E-state index contributed by atoms with van der Waals surface area (Å²) < 4.78 is 32.6. The molecule has 7 heteroatoms. The first-order valence-electron chi connectivity index (χ1n) is 8.31. The minimum absolute atomic E-state index is 0.133. The van der Waals surface area contributed by atoms with E-state index in [2.05, 4.69) is 10.0 Å². The summed E-state index contributed by atoms with van der Waals surface area (Å²) in [5, 5.41) is 2.79. The van der Waals surface area contributed by atoms with Gasteiger partial charge in [0, 0.05) is 6.54 Å². The van der Waals surface area contributed by atoms with Crippen LogP contribution in [0.2, 0.25) is 0 Å². The third-order valence-corrected chi connectivity index (χ3v) is 5.37. The predicted octanol–water partition coefficient (Wildman–Crippen LogP) is 2.31. The molecular formula is C19H24N2O4S. The predicted molar refractivity (Wildman–Crippen MR) is 100 cm³/mol. The van der Waals surface area contributed by atoms with E-state index in [9.17, 15) is 13.2 Å². The summed E-state index contributed by atoms with van der Waals surface area (Å²) in [6.45, 7) is 3.90. The van der Waals surface area contributed by atoms with Gasteiger partial charge in [-0.15, -0.1) is 0 Å². The lowest BCUT2D eigenvalue weighted by atomic mass is 10.0. The molecule has 2 aromatic rings. The second-order valence-electron chi connectivity index (χ2n) is 6.22. The van der Waals surface area contributed by atoms with E-state index in [4.69, 9.17) is 4.74 Å². The number of rotatable bonds is 8. The average molecular weight is 376 g/mol. The maximum absolute atomic E-state index is 12.5. The smallest absolute Gasteiger partial charge is 0.241 e. The molecule has 0 bridgehead atoms. The van der Waals surface area contributed by atoms with Crippen LogP contribution in [-0.4, -0.2) is 27.5 Å². The molecule has 1 atom stereocenters. The number of benzene rings is 2. The summed E-state index contributed by atoms with van der Waals surface area (Å²) in [5.74, 6) is 0.162. The van der Waals surface area contributed by atoms with E-state index in [0.717, 1.165) is 11.3 Å². The first-order valence-corrected chi connectivity index (χ1v) is 9.80. The van der Waals surface area contributed by atoms with E-state index in [1.807, 2.05) is 12.1 Å². The minimum atomic E-state index is -3.77. The van der Waals surface area contributed by atoms with Crippen LogP contribution in [0.5, 0.6) is 5.75 Å². The van der Waals surface area contributed by atoms with Crippen molar-refractivity contribution in [1.29, 1.82) is 0 Å². The molecule has 1 unspecified atom stereocenters. The molecule has 26 heavy (non-hydrogen) atoms. The van der Waals surface area contributed by atoms with Crippen molar-refractivity contribution in [2.45, 2.75) is 31.3 Å². The number of nitrogens with one attached hydrogen (secondary N) is 2. The molecule has 0 saturated carbocycles. The maximum atomic E-state index is 12.5. The van der Waals surface area contributed by atoms with Gasteiger partial charge in [0.15, 0.2) is 0 Å². The van der Waals surface area contributed by atoms with Crippen molar-refractivity contribution in [3.8, 4) is 5.75 Å². The fourth-order valence-electron chi connectivity index (χ4n) is 2.37. The first kappa shape index (κ1) is 19.9. The van der Waals surface area contributed by atoms with Crippen molar-refractivity contribution in [3.63, 3.8) is 0 Å². The van der Waals surface area contributed by atoms with E-state index in [1.165, 1.54) is 12.1 Å². The Morgan fingerprint density at radius 3 is 2.19 bits per heavy atom. The van der Waals surface area contributed by atoms with E-state index >= 15 is 0 Å². The highest BCUT2D eigenvalue weighted by atomic mass is 32.2. The van der Waals surface area contributed by atoms with Gasteiger partial charge in [-0.1, -0.05) is 44.2 Å². The monoisotopic (exact) mass is 376 g/mol. The van der Waals surface area contributed by atoms with Crippen LogP contribution in [0.4, 0.5) is 0 Å². The Hall–Kier alpha value is -2.38. The van der Waals surface area contributed by atoms with Gasteiger partial charge in [0.25, 0.3) is 0 Å². The van der Waals surface area contributed by atoms with Crippen LogP contribution in [0, 0.1) is 5.92 Å². The molecule has 2 aromatic carbocycles. The van der Waals surface area contributed by atoms with E-state index < -0.39 is 16.1 Å². The van der Waals surface area contributed by atoms with E-state index in [-0.39, 0.29) is 16.7 Å². The van der Waals surface area contributed by atoms with Crippen molar-refractivity contribution in [2.24, 2.45) is 5.92 Å². The summed E-state index contributed by atoms with van der Waals surface area (Å²) in [5.41, 5.74) is 0.896. The lowest BCUT2D eigenvalue weighted by molar-refractivity contribution is -0.123. The molecule has 0 radical (unpaired) electrons. The SMILES string of the molecule is COc1ccc(CNC(=O)C(NS(=O)(=O)c2ccccc2)C(C)C)cc1. The number of carbonyl (C=O) groups is 1. The van der Waals surface area contributed by atoms with Crippen LogP contribution in [0.25, 0.3) is 0 Å². The second-order valence-corrected chi connectivity index (χ2v) is 7.94. The molecule has 0 aliphatic rings. The molecule has 140 valence electrons. The molecule has 0 heterocycles. The number of hydrogen-bond acceptors (Lipinski definition) is 4. The van der Waals surface area contributed by atoms with Crippen LogP contribution in [-0.2, 0) is 21.4 Å². The molecule has 2 N–H and O–H groups in total. The van der Waals surface area contributed by atoms with Crippen molar-refractivity contribution in [2.75, 3.05) is 7.11 Å². The fourth-order valence-corrected chi connectivity index (χ4v) is 3.73. The van der Waals surface area contributed by atoms with Crippen LogP contribution < -0.4 is 14.8 Å². The Balaban J connectivity index is 2.05. The lowest BCUT2D eigenvalue weighted by Gasteiger charge is -2.21. The number of ether oxygens (including phenoxy) is 1. The first-order chi connectivity index (χ1) is 12.3. The fraction of sp³-hybridized carbons (Fsp3) is 0.316. The van der Waals surface area contributed by atoms with Crippen LogP contribution in [0.3, 0.4) is 0 Å². The lowest BCUT2D eigenvalue weighted by Crippen LogP contribution is -2.49. The summed E-state index contributed by atoms with van der Waals surface area (Å²) in [6, 6.07) is 14.4. The Morgan fingerprint density at radius 2 is 1.65 bits per heavy atom. The number of sulfonamides is 1. The van der Waals surface area contributed by atoms with Crippen LogP contribution in [0.15, 0.2) is 59.5 Å². The molecule has 0 fully saturated rings. The zero-order valence-corrected chi connectivity index (χ0v) is 15.9. The van der Waals surface area contributed by atoms with Gasteiger partial charge in [0.05, 0.1) is 12.0 Å². The van der Waals surface area contributed by atoms with Gasteiger partial charge >= 0.3 is 0 Å². The highest BCUT2D eigenvalue weighted by Crippen LogP contribution is 2.13. The Morgan fingerprint density at radius 1 is 1.04 bits per heavy atom. The quantitative estimate of drug-likeness (QED) is 0.740. The number of carbonyl (C=O) groups excluding carboxylic acids is 1. The molecule has 0 saturated heterocycles. The normalized spacial score (nSPS) is 12.6. The number of amides is 1. The summed E-state index contributed by atoms with van der Waals surface area (Å²) >= 11 is 0. The van der Waals surface area contributed by atoms with Crippen LogP contribution in [0.1, 0.15) is 19.4 Å². The molecule has 0 aliphatic heterocycles. The summed E-state index contributed by atoms with van der Waals surface area (Å²) in [6.07, 6.45) is 0. The van der Waals surface area contributed by atoms with Gasteiger partial charge < -0.3 is 10.1 Å². The Bertz CT molecular complexity index is 818. The van der Waals surface area contributed by atoms with Crippen molar-refractivity contribution < 1.29 is 17.9 Å². The van der Waals surface area contributed by atoms with Gasteiger partial charge in [0.2, 0.25) is 15.9 Å². The average Bonchev–Trinajstić information content (AvgIpc) is 2.65. The van der Waals surface area contributed by atoms with Crippen molar-refractivity contribution >= 4 is 15.9 Å². The van der Waals surface area contributed by atoms with Gasteiger partial charge in [0.1, 0.15) is 11.8 Å². The highest BCUT2D eigenvalue weighted by Gasteiger charge is 2.28. The topological polar surface area (TPSA) is 84.5 Å². The summed E-state index contributed by atoms with van der Waals surface area (Å²) in [7, 11) is -2.18. The molecular weight excluding hydrogens is 352 g/mol. The third-order valence-electron chi connectivity index (χ3n) is 3.91. The highest BCUT2D eigenvalue weighted by molar-refractivity contribution is 7.89. The second kappa shape index (κ2) is 8.82. The molecule has 0 aromatic heterocycles. The third kappa shape index (κ3) is 5.31. The van der Waals surface area contributed by atoms with Gasteiger partial charge in [-0.3, -0.25) is 4.79 Å². The van der Waals surface area contributed by atoms with Crippen molar-refractivity contribution in [3.05, 3.63) is 60.2 Å². The molecule has 6 nitrogen and oxygen atoms in total. The molecule has 0 aliphatic carbocycles. The standard InChI is InChI=1S/C19H24N2O4S/c1-14(2)18(21-26(23,24)17-7-5-4-6-8-17)19(22)20-13-15-9-11-16(25-3)12-10-15/h4-12,14,18,21H,13H2,1-3H3,(H,20,22). The maximum Gasteiger partial charge on any atom is 0.241 e. The van der Waals surface area contributed by atoms with E-state index in [0.29, 0.717) is 6.54 Å². The summed E-state index contributed by atoms with van der Waals surface area (Å²) in [4.78, 5) is 12.7. The largest absolute Gasteiger partial charge is 0.497 e. The Kier molecular flexibility index (Phi) is 6.76. The van der Waals surface area contributed by atoms with E-state index in [1.54, 1.807) is 51.3 Å². The molecule has 1 amide bonds. The van der Waals surface area contributed by atoms with Crippen LogP contribution >= 0.6 is 0 Å².